The van der Waals surface area contributed by atoms with Crippen molar-refractivity contribution >= 4 is 35.1 Å². The van der Waals surface area contributed by atoms with Crippen LogP contribution in [-0.4, -0.2) is 27.2 Å². The second-order valence-electron chi connectivity index (χ2n) is 7.17. The normalized spacial score (nSPS) is 15.4. The summed E-state index contributed by atoms with van der Waals surface area (Å²) >= 11 is 7.78. The Kier molecular flexibility index (Phi) is 6.34. The molecule has 0 spiro atoms. The number of nitrogens with zero attached hydrogens (tertiary/aromatic N) is 3. The highest BCUT2D eigenvalue weighted by molar-refractivity contribution is 7.98. The molecule has 1 N–H and O–H groups in total. The van der Waals surface area contributed by atoms with Crippen LogP contribution in [0.4, 0.5) is 5.95 Å². The van der Waals surface area contributed by atoms with E-state index in [1.807, 2.05) is 62.4 Å². The summed E-state index contributed by atoms with van der Waals surface area (Å²) in [5.74, 6) is 2.06. The molecule has 4 rings (SSSR count). The van der Waals surface area contributed by atoms with Gasteiger partial charge in [0.15, 0.2) is 5.78 Å². The van der Waals surface area contributed by atoms with Crippen LogP contribution in [0.5, 0.6) is 5.75 Å². The van der Waals surface area contributed by atoms with Crippen molar-refractivity contribution in [2.24, 2.45) is 0 Å². The number of ketones is 1. The van der Waals surface area contributed by atoms with Gasteiger partial charge in [0.25, 0.3) is 0 Å². The van der Waals surface area contributed by atoms with Gasteiger partial charge in [-0.05, 0) is 50.1 Å². The number of anilines is 1. The minimum Gasteiger partial charge on any atom is -0.494 e. The Labute approximate surface area is 190 Å². The lowest BCUT2D eigenvalue weighted by atomic mass is 9.93. The number of allylic oxidation sites excluding steroid dienone is 2. The van der Waals surface area contributed by atoms with Crippen LogP contribution in [-0.2, 0) is 10.5 Å². The highest BCUT2D eigenvalue weighted by Gasteiger charge is 2.32. The minimum absolute atomic E-state index is 0.00435. The number of rotatable bonds is 7. The molecular formula is C23H23ClN4O2S. The lowest BCUT2D eigenvalue weighted by Gasteiger charge is -2.28. The van der Waals surface area contributed by atoms with Gasteiger partial charge in [-0.25, -0.2) is 4.68 Å². The number of Topliss-reactive ketones (excluding diaryl/α,β-unsaturated/α-hetero) is 1. The van der Waals surface area contributed by atoms with Gasteiger partial charge in [0.05, 0.1) is 6.61 Å². The van der Waals surface area contributed by atoms with Crippen molar-refractivity contribution in [1.29, 1.82) is 0 Å². The van der Waals surface area contributed by atoms with Crippen LogP contribution in [0, 0.1) is 0 Å². The maximum atomic E-state index is 12.5. The number of halogens is 1. The first-order chi connectivity index (χ1) is 15.0. The molecule has 8 heteroatoms. The van der Waals surface area contributed by atoms with Gasteiger partial charge in [0, 0.05) is 22.0 Å². The number of benzene rings is 2. The van der Waals surface area contributed by atoms with E-state index in [0.717, 1.165) is 27.6 Å². The lowest BCUT2D eigenvalue weighted by Crippen LogP contribution is -2.27. The third kappa shape index (κ3) is 4.48. The van der Waals surface area contributed by atoms with Gasteiger partial charge in [-0.1, -0.05) is 53.7 Å². The molecule has 1 aromatic heterocycles. The zero-order valence-electron chi connectivity index (χ0n) is 17.6. The number of ether oxygens (including phenoxy) is 1. The average molecular weight is 455 g/mol. The van der Waals surface area contributed by atoms with E-state index in [1.54, 1.807) is 11.6 Å². The predicted octanol–water partition coefficient (Wildman–Crippen LogP) is 5.50. The van der Waals surface area contributed by atoms with E-state index < -0.39 is 0 Å². The van der Waals surface area contributed by atoms with Crippen LogP contribution in [0.1, 0.15) is 37.9 Å². The molecule has 1 unspecified atom stereocenters. The Hall–Kier alpha value is -2.77. The molecule has 0 amide bonds. The smallest absolute Gasteiger partial charge is 0.227 e. The summed E-state index contributed by atoms with van der Waals surface area (Å²) in [5.41, 5.74) is 3.43. The molecular weight excluding hydrogens is 432 g/mol. The van der Waals surface area contributed by atoms with E-state index in [4.69, 9.17) is 21.4 Å². The third-order valence-corrected chi connectivity index (χ3v) is 6.29. The molecule has 3 aromatic rings. The Morgan fingerprint density at radius 3 is 2.65 bits per heavy atom. The van der Waals surface area contributed by atoms with Gasteiger partial charge in [-0.2, -0.15) is 4.98 Å². The summed E-state index contributed by atoms with van der Waals surface area (Å²) in [6.45, 7) is 6.03. The Morgan fingerprint density at radius 1 is 1.23 bits per heavy atom. The third-order valence-electron chi connectivity index (χ3n) is 5.03. The highest BCUT2D eigenvalue weighted by atomic mass is 35.5. The first-order valence-electron chi connectivity index (χ1n) is 10.0. The van der Waals surface area contributed by atoms with Crippen molar-refractivity contribution in [2.45, 2.75) is 37.7 Å². The second-order valence-corrected chi connectivity index (χ2v) is 8.52. The quantitative estimate of drug-likeness (QED) is 0.475. The van der Waals surface area contributed by atoms with Crippen molar-refractivity contribution in [3.05, 3.63) is 76.0 Å². The van der Waals surface area contributed by atoms with Crippen molar-refractivity contribution < 1.29 is 9.53 Å². The van der Waals surface area contributed by atoms with Gasteiger partial charge in [0.1, 0.15) is 11.8 Å². The number of hydrogen-bond donors (Lipinski definition) is 1. The lowest BCUT2D eigenvalue weighted by molar-refractivity contribution is -0.114. The zero-order valence-corrected chi connectivity index (χ0v) is 19.1. The predicted molar refractivity (Wildman–Crippen MR) is 124 cm³/mol. The highest BCUT2D eigenvalue weighted by Crippen LogP contribution is 2.37. The fourth-order valence-corrected chi connectivity index (χ4v) is 4.74. The monoisotopic (exact) mass is 454 g/mol. The molecule has 0 saturated carbocycles. The summed E-state index contributed by atoms with van der Waals surface area (Å²) in [6.07, 6.45) is 0. The molecule has 31 heavy (non-hydrogen) atoms. The van der Waals surface area contributed by atoms with E-state index >= 15 is 0 Å². The number of thioether (sulfide) groups is 1. The van der Waals surface area contributed by atoms with Crippen molar-refractivity contribution in [3.63, 3.8) is 0 Å². The largest absolute Gasteiger partial charge is 0.494 e. The molecule has 2 aromatic carbocycles. The number of carbonyl (C=O) groups is 1. The van der Waals surface area contributed by atoms with Gasteiger partial charge < -0.3 is 10.1 Å². The number of aromatic nitrogens is 3. The van der Waals surface area contributed by atoms with E-state index in [1.165, 1.54) is 11.8 Å². The average Bonchev–Trinajstić information content (AvgIpc) is 3.15. The summed E-state index contributed by atoms with van der Waals surface area (Å²) in [7, 11) is 0. The number of fused-ring (bicyclic) bond motifs is 1. The van der Waals surface area contributed by atoms with Gasteiger partial charge in [0.2, 0.25) is 11.1 Å². The van der Waals surface area contributed by atoms with Gasteiger partial charge in [-0.15, -0.1) is 5.10 Å². The van der Waals surface area contributed by atoms with Crippen LogP contribution in [0.15, 0.2) is 65.0 Å². The molecule has 1 aliphatic heterocycles. The van der Waals surface area contributed by atoms with Crippen molar-refractivity contribution in [3.8, 4) is 5.75 Å². The maximum Gasteiger partial charge on any atom is 0.227 e. The number of carbonyl (C=O) groups excluding carboxylic acids is 1. The maximum absolute atomic E-state index is 12.5. The molecule has 0 aliphatic carbocycles. The van der Waals surface area contributed by atoms with Gasteiger partial charge in [-0.3, -0.25) is 4.79 Å². The van der Waals surface area contributed by atoms with E-state index in [-0.39, 0.29) is 11.8 Å². The van der Waals surface area contributed by atoms with Crippen molar-refractivity contribution in [1.82, 2.24) is 14.8 Å². The van der Waals surface area contributed by atoms with Crippen LogP contribution < -0.4 is 10.1 Å². The summed E-state index contributed by atoms with van der Waals surface area (Å²) < 4.78 is 7.35. The van der Waals surface area contributed by atoms with Crippen LogP contribution >= 0.6 is 23.4 Å². The molecule has 0 saturated heterocycles. The SMILES string of the molecule is CCOc1ccc(C2C(C(C)=O)=C(C)Nc3nc(SCc4ccccc4Cl)nn32)cc1. The van der Waals surface area contributed by atoms with Crippen LogP contribution in [0.25, 0.3) is 0 Å². The molecule has 160 valence electrons. The van der Waals surface area contributed by atoms with Crippen LogP contribution in [0.3, 0.4) is 0 Å². The number of hydrogen-bond acceptors (Lipinski definition) is 6. The molecule has 0 radical (unpaired) electrons. The Morgan fingerprint density at radius 2 is 1.97 bits per heavy atom. The Bertz CT molecular complexity index is 1140. The molecule has 0 fully saturated rings. The van der Waals surface area contributed by atoms with Gasteiger partial charge >= 0.3 is 0 Å². The molecule has 2 heterocycles. The minimum atomic E-state index is -0.355. The fourth-order valence-electron chi connectivity index (χ4n) is 3.63. The first-order valence-corrected chi connectivity index (χ1v) is 11.4. The topological polar surface area (TPSA) is 69.0 Å². The molecule has 1 aliphatic rings. The number of nitrogens with one attached hydrogen (secondary N) is 1. The standard InChI is InChI=1S/C23H23ClN4O2S/c1-4-30-18-11-9-16(10-12-18)21-20(15(3)29)14(2)25-22-26-23(27-28(21)22)31-13-17-7-5-6-8-19(17)24/h5-12,21H,4,13H2,1-3H3,(H,25,26,27). The van der Waals surface area contributed by atoms with E-state index in [0.29, 0.717) is 29.0 Å². The first kappa shape index (κ1) is 21.5. The summed E-state index contributed by atoms with van der Waals surface area (Å²) in [5, 5.41) is 9.31. The zero-order chi connectivity index (χ0) is 22.0. The van der Waals surface area contributed by atoms with E-state index in [9.17, 15) is 4.79 Å². The van der Waals surface area contributed by atoms with Crippen LogP contribution in [0.2, 0.25) is 5.02 Å². The van der Waals surface area contributed by atoms with Crippen molar-refractivity contribution in [2.75, 3.05) is 11.9 Å². The Balaban J connectivity index is 1.67. The van der Waals surface area contributed by atoms with E-state index in [2.05, 4.69) is 10.3 Å². The summed E-state index contributed by atoms with van der Waals surface area (Å²) in [4.78, 5) is 17.2. The summed E-state index contributed by atoms with van der Waals surface area (Å²) in [6, 6.07) is 15.2. The molecule has 0 bridgehead atoms. The molecule has 6 nitrogen and oxygen atoms in total. The molecule has 1 atom stereocenters. The fraction of sp³-hybridized carbons (Fsp3) is 0.261. The second kappa shape index (κ2) is 9.16.